The Morgan fingerprint density at radius 2 is 1.82 bits per heavy atom. The van der Waals surface area contributed by atoms with E-state index in [1.807, 2.05) is 10.8 Å². The molecule has 1 amide bonds. The van der Waals surface area contributed by atoms with Gasteiger partial charge in [0.15, 0.2) is 0 Å². The highest BCUT2D eigenvalue weighted by atomic mass is 32.2. The molecule has 1 saturated carbocycles. The Morgan fingerprint density at radius 3 is 2.34 bits per heavy atom. The molecule has 0 radical (unpaired) electrons. The number of rotatable bonds is 7. The van der Waals surface area contributed by atoms with E-state index in [4.69, 9.17) is 4.74 Å². The number of amides is 1. The number of halogens is 5. The van der Waals surface area contributed by atoms with E-state index in [9.17, 15) is 36.0 Å². The first-order valence-electron chi connectivity index (χ1n) is 11.8. The van der Waals surface area contributed by atoms with Gasteiger partial charge in [-0.25, -0.2) is 26.3 Å². The molecule has 0 aromatic heterocycles. The second-order valence-corrected chi connectivity index (χ2v) is 11.6. The monoisotopic (exact) mass is 555 g/mol. The van der Waals surface area contributed by atoms with Crippen molar-refractivity contribution in [1.82, 2.24) is 9.62 Å². The summed E-state index contributed by atoms with van der Waals surface area (Å²) in [6.45, 7) is 0.126. The van der Waals surface area contributed by atoms with Crippen LogP contribution in [-0.4, -0.2) is 55.8 Å². The largest absolute Gasteiger partial charge is 0.352 e. The number of likely N-dealkylation sites (tertiary alicyclic amines) is 1. The Morgan fingerprint density at radius 1 is 1.16 bits per heavy atom. The van der Waals surface area contributed by atoms with Crippen molar-refractivity contribution in [2.45, 2.75) is 49.1 Å². The molecule has 1 spiro atoms. The fourth-order valence-electron chi connectivity index (χ4n) is 5.39. The number of hydrogen-bond donors (Lipinski definition) is 1. The van der Waals surface area contributed by atoms with Crippen LogP contribution in [0.5, 0.6) is 0 Å². The van der Waals surface area contributed by atoms with Crippen molar-refractivity contribution in [1.29, 1.82) is 5.26 Å². The van der Waals surface area contributed by atoms with Gasteiger partial charge in [-0.2, -0.15) is 14.0 Å². The first-order valence-corrected chi connectivity index (χ1v) is 13.4. The summed E-state index contributed by atoms with van der Waals surface area (Å²) in [5.41, 5.74) is -2.90. The number of ether oxygens (including phenoxy) is 1. The normalized spacial score (nSPS) is 25.9. The van der Waals surface area contributed by atoms with E-state index in [1.165, 1.54) is 23.1 Å². The molecule has 1 aliphatic carbocycles. The molecule has 0 bridgehead atoms. The van der Waals surface area contributed by atoms with Crippen molar-refractivity contribution in [3.63, 3.8) is 0 Å². The minimum Gasteiger partial charge on any atom is -0.352 e. The summed E-state index contributed by atoms with van der Waals surface area (Å²) in [5.74, 6) is -7.18. The zero-order valence-electron chi connectivity index (χ0n) is 19.8. The number of sulfonamides is 1. The molecule has 5 rings (SSSR count). The predicted molar refractivity (Wildman–Crippen MR) is 123 cm³/mol. The lowest BCUT2D eigenvalue weighted by Gasteiger charge is -2.39. The molecule has 38 heavy (non-hydrogen) atoms. The second-order valence-electron chi connectivity index (χ2n) is 9.94. The Labute approximate surface area is 215 Å². The summed E-state index contributed by atoms with van der Waals surface area (Å²) < 4.78 is 102. The molecule has 2 aliphatic heterocycles. The zero-order valence-corrected chi connectivity index (χ0v) is 20.6. The molecule has 2 saturated heterocycles. The van der Waals surface area contributed by atoms with Gasteiger partial charge in [-0.3, -0.25) is 4.79 Å². The first-order chi connectivity index (χ1) is 17.9. The van der Waals surface area contributed by atoms with Gasteiger partial charge in [-0.05, 0) is 42.5 Å². The average Bonchev–Trinajstić information content (AvgIpc) is 3.54. The molecule has 202 valence electrons. The number of hydrogen-bond acceptors (Lipinski definition) is 5. The molecule has 13 heteroatoms. The van der Waals surface area contributed by atoms with Gasteiger partial charge >= 0.3 is 5.76 Å². The maximum absolute atomic E-state index is 15.7. The molecular formula is C25H22F5N3O4S. The van der Waals surface area contributed by atoms with Gasteiger partial charge < -0.3 is 9.64 Å². The average molecular weight is 556 g/mol. The first kappa shape index (κ1) is 26.5. The second kappa shape index (κ2) is 9.29. The molecule has 0 unspecified atom stereocenters. The Kier molecular flexibility index (Phi) is 6.48. The van der Waals surface area contributed by atoms with Gasteiger partial charge in [0.1, 0.15) is 23.5 Å². The van der Waals surface area contributed by atoms with E-state index in [1.54, 1.807) is 0 Å². The van der Waals surface area contributed by atoms with E-state index in [-0.39, 0.29) is 42.7 Å². The van der Waals surface area contributed by atoms with Gasteiger partial charge in [-0.15, -0.1) is 0 Å². The van der Waals surface area contributed by atoms with Gasteiger partial charge in [0, 0.05) is 36.1 Å². The van der Waals surface area contributed by atoms with Gasteiger partial charge in [0.2, 0.25) is 5.60 Å². The quantitative estimate of drug-likeness (QED) is 0.528. The molecule has 1 N–H and O–H groups in total. The van der Waals surface area contributed by atoms with Crippen LogP contribution in [0.15, 0.2) is 36.4 Å². The molecule has 3 fully saturated rings. The minimum absolute atomic E-state index is 0.0316. The molecule has 2 aromatic carbocycles. The van der Waals surface area contributed by atoms with E-state index in [0.29, 0.717) is 18.9 Å². The van der Waals surface area contributed by atoms with Crippen LogP contribution in [-0.2, 0) is 26.0 Å². The van der Waals surface area contributed by atoms with Crippen LogP contribution in [0.1, 0.15) is 24.8 Å². The summed E-state index contributed by atoms with van der Waals surface area (Å²) in [5, 5.41) is 9.61. The van der Waals surface area contributed by atoms with Gasteiger partial charge in [-0.1, -0.05) is 18.2 Å². The number of benzene rings is 2. The highest BCUT2D eigenvalue weighted by Gasteiger charge is 2.64. The highest BCUT2D eigenvalue weighted by molar-refractivity contribution is 7.89. The number of nitrogens with zero attached hydrogens (tertiary/aromatic N) is 2. The lowest BCUT2D eigenvalue weighted by molar-refractivity contribution is -0.172. The van der Waals surface area contributed by atoms with Gasteiger partial charge in [0.05, 0.1) is 12.6 Å². The van der Waals surface area contributed by atoms with Crippen LogP contribution in [0.25, 0.3) is 11.1 Å². The van der Waals surface area contributed by atoms with Crippen LogP contribution < -0.4 is 4.72 Å². The van der Waals surface area contributed by atoms with E-state index in [0.717, 1.165) is 12.1 Å². The fourth-order valence-corrected chi connectivity index (χ4v) is 6.26. The summed E-state index contributed by atoms with van der Waals surface area (Å²) in [4.78, 5) is 14.7. The van der Waals surface area contributed by atoms with E-state index >= 15 is 4.39 Å². The van der Waals surface area contributed by atoms with E-state index < -0.39 is 62.2 Å². The smallest absolute Gasteiger partial charge is 0.350 e. The lowest BCUT2D eigenvalue weighted by atomic mass is 9.90. The number of nitriles is 1. The Bertz CT molecular complexity index is 1420. The fraction of sp³-hybridized carbons (Fsp3) is 0.440. The molecule has 3 aliphatic rings. The van der Waals surface area contributed by atoms with Gasteiger partial charge in [0.25, 0.3) is 15.9 Å². The molecule has 7 nitrogen and oxygen atoms in total. The third kappa shape index (κ3) is 4.44. The SMILES string of the molecule is N#C[C@]1(C(=O)N2CC3(CC3)[C@H](NS(=O)(=O)C(F)F)[C@@H]2Cc2cccc(-c3cc(F)cc(F)c3)c2F)CCO1. The maximum Gasteiger partial charge on any atom is 0.350 e. The number of alkyl halides is 2. The Hall–Kier alpha value is -3.08. The summed E-state index contributed by atoms with van der Waals surface area (Å²) in [7, 11) is -5.09. The van der Waals surface area contributed by atoms with Crippen LogP contribution >= 0.6 is 0 Å². The third-order valence-electron chi connectivity index (χ3n) is 7.62. The molecule has 2 heterocycles. The van der Waals surface area contributed by atoms with Crippen molar-refractivity contribution in [2.75, 3.05) is 13.2 Å². The third-order valence-corrected chi connectivity index (χ3v) is 8.67. The minimum atomic E-state index is -5.09. The highest BCUT2D eigenvalue weighted by Crippen LogP contribution is 2.56. The van der Waals surface area contributed by atoms with E-state index in [2.05, 4.69) is 0 Å². The van der Waals surface area contributed by atoms with Crippen molar-refractivity contribution in [2.24, 2.45) is 5.41 Å². The van der Waals surface area contributed by atoms with Crippen molar-refractivity contribution in [3.05, 3.63) is 59.4 Å². The Balaban J connectivity index is 1.55. The van der Waals surface area contributed by atoms with Crippen LogP contribution in [0.3, 0.4) is 0 Å². The maximum atomic E-state index is 15.7. The van der Waals surface area contributed by atoms with Crippen LogP contribution in [0.4, 0.5) is 22.0 Å². The molecular weight excluding hydrogens is 533 g/mol. The number of carbonyl (C=O) groups excluding carboxylic acids is 1. The topological polar surface area (TPSA) is 99.5 Å². The van der Waals surface area contributed by atoms with Crippen molar-refractivity contribution >= 4 is 15.9 Å². The predicted octanol–water partition coefficient (Wildman–Crippen LogP) is 3.50. The number of carbonyl (C=O) groups is 1. The summed E-state index contributed by atoms with van der Waals surface area (Å²) in [6.07, 6.45) is 0.633. The number of nitrogens with one attached hydrogen (secondary N) is 1. The van der Waals surface area contributed by atoms with Crippen molar-refractivity contribution < 1.29 is 39.9 Å². The zero-order chi connectivity index (χ0) is 27.5. The molecule has 2 aromatic rings. The standard InChI is InChI=1S/C25H22F5N3O4S/c26-16-8-15(9-17(27)11-16)18-3-1-2-14(20(18)28)10-19-21(32-38(35,36)23(29)30)24(4-5-24)13-33(19)22(34)25(12-31)6-7-37-25/h1-3,8-9,11,19,21,23,32H,4-7,10,13H2/t19-,21+,25-/m0/s1. The summed E-state index contributed by atoms with van der Waals surface area (Å²) in [6, 6.07) is 6.13. The van der Waals surface area contributed by atoms with Crippen LogP contribution in [0, 0.1) is 34.2 Å². The summed E-state index contributed by atoms with van der Waals surface area (Å²) >= 11 is 0. The van der Waals surface area contributed by atoms with Crippen LogP contribution in [0.2, 0.25) is 0 Å². The molecule has 3 atom stereocenters. The van der Waals surface area contributed by atoms with Crippen molar-refractivity contribution in [3.8, 4) is 17.2 Å². The lowest BCUT2D eigenvalue weighted by Crippen LogP contribution is -2.59.